The van der Waals surface area contributed by atoms with Crippen LogP contribution in [0.3, 0.4) is 0 Å². The van der Waals surface area contributed by atoms with Crippen LogP contribution in [0, 0.1) is 0 Å². The number of anilines is 3. The number of amides is 1. The van der Waals surface area contributed by atoms with Crippen LogP contribution in [0.15, 0.2) is 36.5 Å². The summed E-state index contributed by atoms with van der Waals surface area (Å²) < 4.78 is 0. The third-order valence-corrected chi connectivity index (χ3v) is 3.11. The molecule has 122 valence electrons. The number of carbonyl (C=O) groups is 1. The molecule has 0 unspecified atom stereocenters. The lowest BCUT2D eigenvalue weighted by atomic mass is 10.2. The largest absolute Gasteiger partial charge is 0.396 e. The van der Waals surface area contributed by atoms with Gasteiger partial charge in [-0.3, -0.25) is 4.79 Å². The van der Waals surface area contributed by atoms with E-state index in [1.54, 1.807) is 0 Å². The number of benzene rings is 1. The van der Waals surface area contributed by atoms with Gasteiger partial charge in [0.15, 0.2) is 0 Å². The molecule has 8 heteroatoms. The van der Waals surface area contributed by atoms with Crippen LogP contribution in [0.25, 0.3) is 0 Å². The van der Waals surface area contributed by atoms with E-state index in [2.05, 4.69) is 20.6 Å². The number of carbonyl (C=O) groups excluding carboxylic acids is 1. The Hall–Kier alpha value is -2.71. The Bertz CT molecular complexity index is 650. The summed E-state index contributed by atoms with van der Waals surface area (Å²) >= 11 is 0. The van der Waals surface area contributed by atoms with Crippen LogP contribution in [0.2, 0.25) is 0 Å². The maximum atomic E-state index is 11.5. The summed E-state index contributed by atoms with van der Waals surface area (Å²) in [5, 5.41) is 14.9. The van der Waals surface area contributed by atoms with E-state index in [0.29, 0.717) is 24.7 Å². The fourth-order valence-corrected chi connectivity index (χ4v) is 1.89. The van der Waals surface area contributed by atoms with Crippen LogP contribution in [-0.2, 0) is 0 Å². The number of para-hydroxylation sites is 1. The zero-order valence-corrected chi connectivity index (χ0v) is 12.6. The molecule has 1 atom stereocenters. The molecule has 1 amide bonds. The van der Waals surface area contributed by atoms with Crippen molar-refractivity contribution < 1.29 is 9.90 Å². The van der Waals surface area contributed by atoms with Crippen molar-refractivity contribution in [1.82, 2.24) is 9.97 Å². The molecule has 0 aliphatic carbocycles. The van der Waals surface area contributed by atoms with Crippen molar-refractivity contribution >= 4 is 23.4 Å². The van der Waals surface area contributed by atoms with Gasteiger partial charge in [-0.1, -0.05) is 18.2 Å². The molecule has 0 aliphatic rings. The highest BCUT2D eigenvalue weighted by atomic mass is 16.3. The van der Waals surface area contributed by atoms with Crippen LogP contribution in [0.4, 0.5) is 17.5 Å². The van der Waals surface area contributed by atoms with Gasteiger partial charge in [-0.2, -0.15) is 4.98 Å². The zero-order valence-electron chi connectivity index (χ0n) is 12.6. The van der Waals surface area contributed by atoms with E-state index < -0.39 is 5.91 Å². The Balaban J connectivity index is 2.17. The van der Waals surface area contributed by atoms with Gasteiger partial charge in [-0.05, 0) is 18.6 Å². The second kappa shape index (κ2) is 8.06. The highest BCUT2D eigenvalue weighted by Gasteiger charge is 2.13. The maximum absolute atomic E-state index is 11.5. The molecule has 1 aromatic carbocycles. The predicted molar refractivity (Wildman–Crippen MR) is 88.4 cm³/mol. The van der Waals surface area contributed by atoms with E-state index in [-0.39, 0.29) is 18.2 Å². The first-order chi connectivity index (χ1) is 11.1. The van der Waals surface area contributed by atoms with Crippen LogP contribution in [0.1, 0.15) is 16.8 Å². The molecule has 0 radical (unpaired) electrons. The first-order valence-electron chi connectivity index (χ1n) is 7.19. The first-order valence-corrected chi connectivity index (χ1v) is 7.19. The summed E-state index contributed by atoms with van der Waals surface area (Å²) in [5.41, 5.74) is 12.1. The molecule has 0 saturated carbocycles. The van der Waals surface area contributed by atoms with Gasteiger partial charge < -0.3 is 27.2 Å². The first kappa shape index (κ1) is 16.7. The van der Waals surface area contributed by atoms with Crippen molar-refractivity contribution in [2.75, 3.05) is 23.8 Å². The quantitative estimate of drug-likeness (QED) is 0.476. The maximum Gasteiger partial charge on any atom is 0.254 e. The van der Waals surface area contributed by atoms with Crippen molar-refractivity contribution in [3.8, 4) is 0 Å². The Labute approximate surface area is 133 Å². The molecule has 0 bridgehead atoms. The lowest BCUT2D eigenvalue weighted by Gasteiger charge is -2.13. The van der Waals surface area contributed by atoms with Crippen LogP contribution in [-0.4, -0.2) is 40.2 Å². The molecule has 0 aliphatic heterocycles. The monoisotopic (exact) mass is 316 g/mol. The molecule has 1 heterocycles. The van der Waals surface area contributed by atoms with Gasteiger partial charge in [0.05, 0.1) is 0 Å². The molecule has 23 heavy (non-hydrogen) atoms. The average Bonchev–Trinajstić information content (AvgIpc) is 2.54. The van der Waals surface area contributed by atoms with Gasteiger partial charge >= 0.3 is 0 Å². The highest BCUT2D eigenvalue weighted by molar-refractivity contribution is 5.98. The molecule has 0 spiro atoms. The van der Waals surface area contributed by atoms with Gasteiger partial charge in [0.2, 0.25) is 5.95 Å². The van der Waals surface area contributed by atoms with E-state index in [9.17, 15) is 4.79 Å². The Kier molecular flexibility index (Phi) is 5.84. The van der Waals surface area contributed by atoms with Gasteiger partial charge in [0.25, 0.3) is 5.91 Å². The number of nitrogens with zero attached hydrogens (tertiary/aromatic N) is 2. The summed E-state index contributed by atoms with van der Waals surface area (Å²) in [5.74, 6) is 0.0192. The lowest BCUT2D eigenvalue weighted by molar-refractivity contribution is 0.100. The summed E-state index contributed by atoms with van der Waals surface area (Å²) in [6, 6.07) is 9.08. The number of aromatic nitrogens is 2. The minimum Gasteiger partial charge on any atom is -0.396 e. The van der Waals surface area contributed by atoms with Crippen LogP contribution >= 0.6 is 0 Å². The van der Waals surface area contributed by atoms with Crippen molar-refractivity contribution in [3.05, 3.63) is 42.1 Å². The van der Waals surface area contributed by atoms with E-state index in [0.717, 1.165) is 5.69 Å². The lowest BCUT2D eigenvalue weighted by Crippen LogP contribution is -2.30. The summed E-state index contributed by atoms with van der Waals surface area (Å²) in [6.07, 6.45) is 1.84. The fourth-order valence-electron chi connectivity index (χ4n) is 1.89. The Morgan fingerprint density at radius 2 is 2.04 bits per heavy atom. The van der Waals surface area contributed by atoms with Crippen molar-refractivity contribution in [2.45, 2.75) is 12.5 Å². The highest BCUT2D eigenvalue weighted by Crippen LogP contribution is 2.19. The molecule has 0 fully saturated rings. The number of aliphatic hydroxyl groups is 1. The molecule has 1 aromatic heterocycles. The second-order valence-electron chi connectivity index (χ2n) is 4.96. The third kappa shape index (κ3) is 4.90. The van der Waals surface area contributed by atoms with Gasteiger partial charge in [-0.25, -0.2) is 4.98 Å². The van der Waals surface area contributed by atoms with Crippen LogP contribution < -0.4 is 22.1 Å². The van der Waals surface area contributed by atoms with E-state index >= 15 is 0 Å². The number of hydrogen-bond acceptors (Lipinski definition) is 7. The van der Waals surface area contributed by atoms with Gasteiger partial charge in [0, 0.05) is 31.1 Å². The van der Waals surface area contributed by atoms with E-state index in [4.69, 9.17) is 16.6 Å². The number of aliphatic hydroxyl groups excluding tert-OH is 1. The molecular formula is C15H20N6O2. The molecule has 2 rings (SSSR count). The standard InChI is InChI=1S/C15H20N6O2/c16-10(6-7-22)8-18-15-19-9-12(13(17)23)14(21-15)20-11-4-2-1-3-5-11/h1-5,9-10,22H,6-8,16H2,(H2,17,23)(H2,18,19,20,21)/t10-/m0/s1. The Morgan fingerprint density at radius 3 is 2.70 bits per heavy atom. The smallest absolute Gasteiger partial charge is 0.254 e. The number of rotatable bonds is 8. The molecule has 7 N–H and O–H groups in total. The Morgan fingerprint density at radius 1 is 1.30 bits per heavy atom. The summed E-state index contributed by atoms with van der Waals surface area (Å²) in [7, 11) is 0. The van der Waals surface area contributed by atoms with Crippen molar-refractivity contribution in [3.63, 3.8) is 0 Å². The summed E-state index contributed by atoms with van der Waals surface area (Å²) in [6.45, 7) is 0.423. The predicted octanol–water partition coefficient (Wildman–Crippen LogP) is 0.441. The van der Waals surface area contributed by atoms with E-state index in [1.807, 2.05) is 30.3 Å². The number of primary amides is 1. The molecule has 2 aromatic rings. The van der Waals surface area contributed by atoms with Crippen molar-refractivity contribution in [1.29, 1.82) is 0 Å². The zero-order chi connectivity index (χ0) is 16.7. The molecular weight excluding hydrogens is 296 g/mol. The number of hydrogen-bond donors (Lipinski definition) is 5. The SMILES string of the molecule is NC(=O)c1cnc(NC[C@@H](N)CCO)nc1Nc1ccccc1. The average molecular weight is 316 g/mol. The number of nitrogens with one attached hydrogen (secondary N) is 2. The summed E-state index contributed by atoms with van der Waals surface area (Å²) in [4.78, 5) is 19.8. The molecule has 0 saturated heterocycles. The second-order valence-corrected chi connectivity index (χ2v) is 4.96. The fraction of sp³-hybridized carbons (Fsp3) is 0.267. The number of nitrogens with two attached hydrogens (primary N) is 2. The van der Waals surface area contributed by atoms with Crippen molar-refractivity contribution in [2.24, 2.45) is 11.5 Å². The topological polar surface area (TPSA) is 139 Å². The normalized spacial score (nSPS) is 11.7. The van der Waals surface area contributed by atoms with Crippen LogP contribution in [0.5, 0.6) is 0 Å². The van der Waals surface area contributed by atoms with Gasteiger partial charge in [-0.15, -0.1) is 0 Å². The molecule has 8 nitrogen and oxygen atoms in total. The van der Waals surface area contributed by atoms with Gasteiger partial charge in [0.1, 0.15) is 11.4 Å². The minimum atomic E-state index is -0.619. The van der Waals surface area contributed by atoms with E-state index in [1.165, 1.54) is 6.20 Å². The minimum absolute atomic E-state index is 0.0190. The third-order valence-electron chi connectivity index (χ3n) is 3.11.